The lowest BCUT2D eigenvalue weighted by atomic mass is 9.98. The summed E-state index contributed by atoms with van der Waals surface area (Å²) in [6.45, 7) is 7.17. The van der Waals surface area contributed by atoms with Crippen molar-refractivity contribution in [2.24, 2.45) is 5.92 Å². The van der Waals surface area contributed by atoms with Gasteiger partial charge in [-0.25, -0.2) is 4.98 Å². The van der Waals surface area contributed by atoms with Crippen molar-refractivity contribution in [3.63, 3.8) is 0 Å². The number of likely N-dealkylation sites (tertiary alicyclic amines) is 1. The van der Waals surface area contributed by atoms with E-state index in [2.05, 4.69) is 16.5 Å². The molecule has 32 heavy (non-hydrogen) atoms. The Balaban J connectivity index is 1.41. The first-order valence-electron chi connectivity index (χ1n) is 11.1. The number of hydrogen-bond acceptors (Lipinski definition) is 7. The van der Waals surface area contributed by atoms with Crippen LogP contribution in [-0.4, -0.2) is 65.0 Å². The average molecular weight is 460 g/mol. The van der Waals surface area contributed by atoms with Crippen LogP contribution in [0.2, 0.25) is 0 Å². The highest BCUT2D eigenvalue weighted by Crippen LogP contribution is 2.35. The summed E-state index contributed by atoms with van der Waals surface area (Å²) in [6.07, 6.45) is 3.42. The Morgan fingerprint density at radius 2 is 2.03 bits per heavy atom. The highest BCUT2D eigenvalue weighted by atomic mass is 32.2. The Labute approximate surface area is 192 Å². The molecule has 1 aromatic carbocycles. The van der Waals surface area contributed by atoms with Crippen LogP contribution in [0.3, 0.4) is 0 Å². The zero-order valence-electron chi connectivity index (χ0n) is 18.5. The topological polar surface area (TPSA) is 82.9 Å². The molecule has 172 valence electrons. The lowest BCUT2D eigenvalue weighted by molar-refractivity contribution is -0.151. The maximum atomic E-state index is 12.8. The van der Waals surface area contributed by atoms with Gasteiger partial charge in [-0.15, -0.1) is 0 Å². The molecule has 0 radical (unpaired) electrons. The van der Waals surface area contributed by atoms with Gasteiger partial charge in [0, 0.05) is 25.2 Å². The van der Waals surface area contributed by atoms with Gasteiger partial charge in [-0.3, -0.25) is 9.59 Å². The summed E-state index contributed by atoms with van der Waals surface area (Å²) < 4.78 is 18.6. The standard InChI is InChI=1S/C23H29N3O5S/c1-3-26-18(16-7-8-19-20(12-16)31-11-10-30-19)13-24-23(26)32-15-21(27)25-9-5-6-17(14-25)22(28)29-4-2/h7-8,12-13,17H,3-6,9-11,14-15H2,1-2H3. The molecule has 3 heterocycles. The van der Waals surface area contributed by atoms with Crippen molar-refractivity contribution in [1.82, 2.24) is 14.5 Å². The summed E-state index contributed by atoms with van der Waals surface area (Å²) in [4.78, 5) is 31.2. The van der Waals surface area contributed by atoms with E-state index < -0.39 is 0 Å². The molecule has 1 atom stereocenters. The molecule has 9 heteroatoms. The highest BCUT2D eigenvalue weighted by Gasteiger charge is 2.29. The fourth-order valence-corrected chi connectivity index (χ4v) is 5.03. The molecule has 0 N–H and O–H groups in total. The van der Waals surface area contributed by atoms with Crippen molar-refractivity contribution in [3.05, 3.63) is 24.4 Å². The Kier molecular flexibility index (Phi) is 7.24. The monoisotopic (exact) mass is 459 g/mol. The molecule has 8 nitrogen and oxygen atoms in total. The van der Waals surface area contributed by atoms with E-state index in [-0.39, 0.29) is 23.5 Å². The Morgan fingerprint density at radius 1 is 1.22 bits per heavy atom. The molecule has 0 aliphatic carbocycles. The van der Waals surface area contributed by atoms with E-state index in [1.54, 1.807) is 11.8 Å². The fourth-order valence-electron chi connectivity index (χ4n) is 4.09. The van der Waals surface area contributed by atoms with Gasteiger partial charge >= 0.3 is 5.97 Å². The number of ether oxygens (including phenoxy) is 3. The Hall–Kier alpha value is -2.68. The Bertz CT molecular complexity index is 977. The third kappa shape index (κ3) is 4.87. The number of hydrogen-bond donors (Lipinski definition) is 0. The molecule has 0 saturated carbocycles. The Morgan fingerprint density at radius 3 is 2.81 bits per heavy atom. The van der Waals surface area contributed by atoms with Crippen LogP contribution in [0.25, 0.3) is 11.3 Å². The third-order valence-corrected chi connectivity index (χ3v) is 6.67. The normalized spacial score (nSPS) is 17.8. The summed E-state index contributed by atoms with van der Waals surface area (Å²) in [7, 11) is 0. The average Bonchev–Trinajstić information content (AvgIpc) is 3.25. The van der Waals surface area contributed by atoms with E-state index in [1.165, 1.54) is 11.8 Å². The molecule has 2 aliphatic rings. The van der Waals surface area contributed by atoms with Gasteiger partial charge in [-0.1, -0.05) is 11.8 Å². The number of fused-ring (bicyclic) bond motifs is 1. The molecule has 0 spiro atoms. The number of thioether (sulfide) groups is 1. The second kappa shape index (κ2) is 10.3. The summed E-state index contributed by atoms with van der Waals surface area (Å²) in [5.41, 5.74) is 1.97. The maximum absolute atomic E-state index is 12.8. The van der Waals surface area contributed by atoms with Crippen molar-refractivity contribution in [2.45, 2.75) is 38.4 Å². The van der Waals surface area contributed by atoms with Crippen LogP contribution in [0, 0.1) is 5.92 Å². The van der Waals surface area contributed by atoms with E-state index in [0.29, 0.717) is 32.9 Å². The number of benzene rings is 1. The van der Waals surface area contributed by atoms with Crippen molar-refractivity contribution in [2.75, 3.05) is 38.7 Å². The van der Waals surface area contributed by atoms with E-state index >= 15 is 0 Å². The number of rotatable bonds is 7. The molecule has 1 saturated heterocycles. The predicted molar refractivity (Wildman–Crippen MR) is 121 cm³/mol. The van der Waals surface area contributed by atoms with Crippen molar-refractivity contribution in [1.29, 1.82) is 0 Å². The van der Waals surface area contributed by atoms with Gasteiger partial charge in [-0.05, 0) is 44.9 Å². The van der Waals surface area contributed by atoms with Crippen LogP contribution in [0.4, 0.5) is 0 Å². The lowest BCUT2D eigenvalue weighted by Gasteiger charge is -2.31. The summed E-state index contributed by atoms with van der Waals surface area (Å²) >= 11 is 1.43. The van der Waals surface area contributed by atoms with Crippen molar-refractivity contribution < 1.29 is 23.8 Å². The number of piperidine rings is 1. The van der Waals surface area contributed by atoms with Crippen LogP contribution < -0.4 is 9.47 Å². The molecular formula is C23H29N3O5S. The lowest BCUT2D eigenvalue weighted by Crippen LogP contribution is -2.43. The van der Waals surface area contributed by atoms with Gasteiger partial charge < -0.3 is 23.7 Å². The molecule has 0 bridgehead atoms. The molecule has 1 fully saturated rings. The summed E-state index contributed by atoms with van der Waals surface area (Å²) in [5, 5.41) is 0.796. The number of carbonyl (C=O) groups excluding carboxylic acids is 2. The number of aromatic nitrogens is 2. The van der Waals surface area contributed by atoms with Gasteiger partial charge in [0.1, 0.15) is 13.2 Å². The van der Waals surface area contributed by atoms with Crippen molar-refractivity contribution in [3.8, 4) is 22.8 Å². The molecule has 1 aromatic heterocycles. The fraction of sp³-hybridized carbons (Fsp3) is 0.522. The van der Waals surface area contributed by atoms with Crippen LogP contribution in [0.1, 0.15) is 26.7 Å². The van der Waals surface area contributed by atoms with Crippen LogP contribution in [0.5, 0.6) is 11.5 Å². The van der Waals surface area contributed by atoms with Gasteiger partial charge in [0.15, 0.2) is 16.7 Å². The molecular weight excluding hydrogens is 430 g/mol. The largest absolute Gasteiger partial charge is 0.486 e. The summed E-state index contributed by atoms with van der Waals surface area (Å²) in [6, 6.07) is 5.89. The van der Waals surface area contributed by atoms with Gasteiger partial charge in [0.05, 0.1) is 30.2 Å². The van der Waals surface area contributed by atoms with Crippen LogP contribution in [0.15, 0.2) is 29.6 Å². The number of imidazole rings is 1. The number of esters is 1. The zero-order chi connectivity index (χ0) is 22.5. The highest BCUT2D eigenvalue weighted by molar-refractivity contribution is 7.99. The quantitative estimate of drug-likeness (QED) is 0.464. The smallest absolute Gasteiger partial charge is 0.310 e. The number of carbonyl (C=O) groups is 2. The minimum atomic E-state index is -0.225. The minimum Gasteiger partial charge on any atom is -0.486 e. The van der Waals surface area contributed by atoms with Gasteiger partial charge in [-0.2, -0.15) is 0 Å². The summed E-state index contributed by atoms with van der Waals surface area (Å²) in [5.74, 6) is 1.37. The molecule has 2 aliphatic heterocycles. The first-order chi connectivity index (χ1) is 15.6. The van der Waals surface area contributed by atoms with E-state index in [1.807, 2.05) is 24.4 Å². The third-order valence-electron chi connectivity index (χ3n) is 5.69. The van der Waals surface area contributed by atoms with Gasteiger partial charge in [0.25, 0.3) is 0 Å². The predicted octanol–water partition coefficient (Wildman–Crippen LogP) is 3.24. The first-order valence-corrected chi connectivity index (χ1v) is 12.1. The second-order valence-electron chi connectivity index (χ2n) is 7.75. The molecule has 1 unspecified atom stereocenters. The minimum absolute atomic E-state index is 0.0236. The SMILES string of the molecule is CCOC(=O)C1CCCN(C(=O)CSc2ncc(-c3ccc4c(c3)OCCO4)n2CC)C1. The van der Waals surface area contributed by atoms with E-state index in [4.69, 9.17) is 14.2 Å². The molecule has 1 amide bonds. The molecule has 2 aromatic rings. The van der Waals surface area contributed by atoms with Crippen LogP contribution in [-0.2, 0) is 20.9 Å². The zero-order valence-corrected chi connectivity index (χ0v) is 19.4. The van der Waals surface area contributed by atoms with Crippen LogP contribution >= 0.6 is 11.8 Å². The maximum Gasteiger partial charge on any atom is 0.310 e. The van der Waals surface area contributed by atoms with Gasteiger partial charge in [0.2, 0.25) is 5.91 Å². The number of amides is 1. The number of nitrogens with zero attached hydrogens (tertiary/aromatic N) is 3. The van der Waals surface area contributed by atoms with E-state index in [9.17, 15) is 9.59 Å². The van der Waals surface area contributed by atoms with Crippen molar-refractivity contribution >= 4 is 23.6 Å². The molecule has 4 rings (SSSR count). The van der Waals surface area contributed by atoms with E-state index in [0.717, 1.165) is 47.3 Å². The second-order valence-corrected chi connectivity index (χ2v) is 8.69. The first kappa shape index (κ1) is 22.5.